The van der Waals surface area contributed by atoms with E-state index in [1.807, 2.05) is 4.98 Å². The van der Waals surface area contributed by atoms with Gasteiger partial charge in [0.05, 0.1) is 5.56 Å². The van der Waals surface area contributed by atoms with Crippen LogP contribution in [0.25, 0.3) is 0 Å². The number of rotatable bonds is 5. The monoisotopic (exact) mass is 420 g/mol. The van der Waals surface area contributed by atoms with Gasteiger partial charge >= 0.3 is 17.6 Å². The van der Waals surface area contributed by atoms with Crippen molar-refractivity contribution in [2.45, 2.75) is 44.4 Å². The quantitative estimate of drug-likeness (QED) is 0.726. The highest BCUT2D eigenvalue weighted by Crippen LogP contribution is 2.49. The predicted molar refractivity (Wildman–Crippen MR) is 102 cm³/mol. The third-order valence-corrected chi connectivity index (χ3v) is 5.18. The van der Waals surface area contributed by atoms with Crippen LogP contribution >= 0.6 is 0 Å². The fourth-order valence-electron chi connectivity index (χ4n) is 3.38. The van der Waals surface area contributed by atoms with Crippen LogP contribution in [0.2, 0.25) is 0 Å². The molecule has 0 radical (unpaired) electrons. The van der Waals surface area contributed by atoms with Crippen LogP contribution < -0.4 is 11.2 Å². The van der Waals surface area contributed by atoms with Gasteiger partial charge in [0, 0.05) is 19.2 Å². The zero-order valence-corrected chi connectivity index (χ0v) is 16.6. The molecule has 1 aromatic heterocycles. The summed E-state index contributed by atoms with van der Waals surface area (Å²) in [7, 11) is 0. The van der Waals surface area contributed by atoms with E-state index < -0.39 is 53.4 Å². The van der Waals surface area contributed by atoms with Gasteiger partial charge in [-0.1, -0.05) is 18.2 Å². The molecule has 0 unspecified atom stereocenters. The van der Waals surface area contributed by atoms with Crippen molar-refractivity contribution >= 4 is 11.9 Å². The zero-order chi connectivity index (χ0) is 22.1. The Bertz CT molecular complexity index is 1060. The Kier molecular flexibility index (Phi) is 5.62. The van der Waals surface area contributed by atoms with E-state index in [4.69, 9.17) is 14.2 Å². The van der Waals surface area contributed by atoms with E-state index in [0.717, 1.165) is 30.7 Å². The molecule has 0 spiro atoms. The van der Waals surface area contributed by atoms with Crippen LogP contribution in [0.15, 0.2) is 52.2 Å². The lowest BCUT2D eigenvalue weighted by Gasteiger charge is -2.36. The van der Waals surface area contributed by atoms with Crippen molar-refractivity contribution in [3.63, 3.8) is 0 Å². The third-order valence-electron chi connectivity index (χ3n) is 5.18. The van der Waals surface area contributed by atoms with Crippen molar-refractivity contribution in [1.82, 2.24) is 9.55 Å². The number of ether oxygens (including phenoxy) is 3. The molecule has 160 valence electrons. The molecule has 3 rings (SSSR count). The van der Waals surface area contributed by atoms with Gasteiger partial charge in [-0.05, 0) is 26.0 Å². The van der Waals surface area contributed by atoms with Crippen molar-refractivity contribution in [3.05, 3.63) is 69.0 Å². The van der Waals surface area contributed by atoms with Gasteiger partial charge in [-0.3, -0.25) is 19.1 Å². The summed E-state index contributed by atoms with van der Waals surface area (Å²) in [5, 5.41) is 0. The first-order chi connectivity index (χ1) is 14.1. The number of nitrogens with zero attached hydrogens (tertiary/aromatic N) is 1. The van der Waals surface area contributed by atoms with Crippen molar-refractivity contribution in [2.24, 2.45) is 0 Å². The molecule has 0 aliphatic carbocycles. The zero-order valence-electron chi connectivity index (χ0n) is 16.6. The van der Waals surface area contributed by atoms with E-state index in [0.29, 0.717) is 0 Å². The molecular weight excluding hydrogens is 399 g/mol. The summed E-state index contributed by atoms with van der Waals surface area (Å²) in [6, 6.07) is 9.17. The van der Waals surface area contributed by atoms with Crippen molar-refractivity contribution in [2.75, 3.05) is 6.61 Å². The van der Waals surface area contributed by atoms with Gasteiger partial charge in [0.2, 0.25) is 0 Å². The highest BCUT2D eigenvalue weighted by Gasteiger charge is 2.66. The molecule has 2 aromatic rings. The molecule has 2 heterocycles. The normalized spacial score (nSPS) is 28.1. The minimum absolute atomic E-state index is 0.279. The highest BCUT2D eigenvalue weighted by atomic mass is 19.1. The summed E-state index contributed by atoms with van der Waals surface area (Å²) in [5.41, 5.74) is -5.59. The number of nitrogens with one attached hydrogen (secondary N) is 1. The largest absolute Gasteiger partial charge is 0.459 e. The Morgan fingerprint density at radius 3 is 2.47 bits per heavy atom. The number of hydrogen-bond acceptors (Lipinski definition) is 7. The number of aromatic amines is 1. The highest BCUT2D eigenvalue weighted by molar-refractivity contribution is 5.89. The van der Waals surface area contributed by atoms with E-state index in [1.165, 1.54) is 6.92 Å². The minimum atomic E-state index is -2.41. The van der Waals surface area contributed by atoms with Crippen LogP contribution in [0.4, 0.5) is 4.39 Å². The van der Waals surface area contributed by atoms with Gasteiger partial charge in [-0.2, -0.15) is 0 Å². The Morgan fingerprint density at radius 2 is 1.87 bits per heavy atom. The van der Waals surface area contributed by atoms with Gasteiger partial charge in [0.25, 0.3) is 5.56 Å². The SMILES string of the molecule is CC(=O)O[C@@]1(C)[C@@H](COC(=O)c2ccccc2)O[C@H](n2ccc(=O)[nH]c2=O)[C@]1(C)F. The molecule has 0 bridgehead atoms. The molecule has 4 atom stereocenters. The minimum Gasteiger partial charge on any atom is -0.459 e. The maximum Gasteiger partial charge on any atom is 0.338 e. The molecular formula is C20H21FN2O7. The van der Waals surface area contributed by atoms with Gasteiger partial charge < -0.3 is 14.2 Å². The van der Waals surface area contributed by atoms with Crippen LogP contribution in [0.3, 0.4) is 0 Å². The van der Waals surface area contributed by atoms with Gasteiger partial charge in [-0.15, -0.1) is 0 Å². The van der Waals surface area contributed by atoms with E-state index in [1.54, 1.807) is 30.3 Å². The second kappa shape index (κ2) is 7.86. The topological polar surface area (TPSA) is 117 Å². The molecule has 9 nitrogen and oxygen atoms in total. The summed E-state index contributed by atoms with van der Waals surface area (Å²) in [6.07, 6.45) is -1.70. The number of alkyl halides is 1. The van der Waals surface area contributed by atoms with Gasteiger partial charge in [-0.25, -0.2) is 14.0 Å². The lowest BCUT2D eigenvalue weighted by molar-refractivity contribution is -0.175. The molecule has 1 N–H and O–H groups in total. The van der Waals surface area contributed by atoms with Gasteiger partial charge in [0.15, 0.2) is 17.5 Å². The average molecular weight is 420 g/mol. The van der Waals surface area contributed by atoms with Crippen LogP contribution in [0.5, 0.6) is 0 Å². The maximum atomic E-state index is 16.0. The number of hydrogen-bond donors (Lipinski definition) is 1. The summed E-state index contributed by atoms with van der Waals surface area (Å²) in [5.74, 6) is -1.45. The van der Waals surface area contributed by atoms with Crippen molar-refractivity contribution < 1.29 is 28.2 Å². The summed E-state index contributed by atoms with van der Waals surface area (Å²) < 4.78 is 33.0. The lowest BCUT2D eigenvalue weighted by atomic mass is 9.84. The number of carbonyl (C=O) groups excluding carboxylic acids is 2. The van der Waals surface area contributed by atoms with Crippen LogP contribution in [0, 0.1) is 0 Å². The first kappa shape index (κ1) is 21.4. The van der Waals surface area contributed by atoms with E-state index in [-0.39, 0.29) is 5.56 Å². The summed E-state index contributed by atoms with van der Waals surface area (Å²) in [6.45, 7) is 3.07. The maximum absolute atomic E-state index is 16.0. The Morgan fingerprint density at radius 1 is 1.20 bits per heavy atom. The number of halogens is 1. The van der Waals surface area contributed by atoms with Crippen LogP contribution in [-0.2, 0) is 19.0 Å². The second-order valence-corrected chi connectivity index (χ2v) is 7.24. The summed E-state index contributed by atoms with van der Waals surface area (Å²) >= 11 is 0. The number of benzene rings is 1. The second-order valence-electron chi connectivity index (χ2n) is 7.24. The number of H-pyrrole nitrogens is 1. The number of esters is 2. The van der Waals surface area contributed by atoms with E-state index >= 15 is 4.39 Å². The Hall–Kier alpha value is -3.27. The molecule has 0 amide bonds. The molecule has 1 aliphatic rings. The Balaban J connectivity index is 1.92. The fourth-order valence-corrected chi connectivity index (χ4v) is 3.38. The fraction of sp³-hybridized carbons (Fsp3) is 0.400. The molecule has 1 aromatic carbocycles. The first-order valence-corrected chi connectivity index (χ1v) is 9.14. The lowest BCUT2D eigenvalue weighted by Crippen LogP contribution is -2.55. The first-order valence-electron chi connectivity index (χ1n) is 9.14. The van der Waals surface area contributed by atoms with Crippen LogP contribution in [-0.4, -0.2) is 45.5 Å². The van der Waals surface area contributed by atoms with Crippen molar-refractivity contribution in [1.29, 1.82) is 0 Å². The average Bonchev–Trinajstić information content (AvgIpc) is 2.86. The molecule has 1 saturated heterocycles. The number of carbonyl (C=O) groups is 2. The van der Waals surface area contributed by atoms with E-state index in [2.05, 4.69) is 0 Å². The third kappa shape index (κ3) is 3.78. The van der Waals surface area contributed by atoms with Crippen molar-refractivity contribution in [3.8, 4) is 0 Å². The molecule has 1 fully saturated rings. The molecule has 10 heteroatoms. The molecule has 30 heavy (non-hydrogen) atoms. The molecule has 1 aliphatic heterocycles. The predicted octanol–water partition coefficient (Wildman–Crippen LogP) is 1.34. The Labute approximate surface area is 170 Å². The summed E-state index contributed by atoms with van der Waals surface area (Å²) in [4.78, 5) is 49.5. The van der Waals surface area contributed by atoms with E-state index in [9.17, 15) is 19.2 Å². The smallest absolute Gasteiger partial charge is 0.338 e. The standard InChI is InChI=1S/C20H21FN2O7/c1-12(24)30-20(3)14(11-28-16(26)13-7-5-4-6-8-13)29-17(19(20,2)21)23-10-9-15(25)22-18(23)27/h4-10,14,17H,11H2,1-3H3,(H,22,25,27)/t14-,17+,19+,20+/m1/s1. The molecule has 0 saturated carbocycles. The van der Waals surface area contributed by atoms with Gasteiger partial charge in [0.1, 0.15) is 12.7 Å². The number of aromatic nitrogens is 2. The van der Waals surface area contributed by atoms with Crippen LogP contribution in [0.1, 0.15) is 37.4 Å².